The summed E-state index contributed by atoms with van der Waals surface area (Å²) in [5, 5.41) is 0. The number of nitrogens with two attached hydrogens (primary N) is 1. The maximum absolute atomic E-state index is 11.5. The number of ether oxygens (including phenoxy) is 1. The third-order valence-corrected chi connectivity index (χ3v) is 2.59. The zero-order chi connectivity index (χ0) is 13.1. The SMILES string of the molecule is CCOc1cc(-c2ccc(N)c(C)n2)c[nH]c1=O. The first-order chi connectivity index (χ1) is 8.61. The maximum Gasteiger partial charge on any atom is 0.290 e. The summed E-state index contributed by atoms with van der Waals surface area (Å²) in [5.74, 6) is 0.297. The smallest absolute Gasteiger partial charge is 0.290 e. The van der Waals surface area contributed by atoms with Gasteiger partial charge in [-0.2, -0.15) is 0 Å². The molecule has 0 aromatic carbocycles. The van der Waals surface area contributed by atoms with E-state index in [1.165, 1.54) is 0 Å². The fourth-order valence-corrected chi connectivity index (χ4v) is 1.61. The Kier molecular flexibility index (Phi) is 3.32. The molecule has 94 valence electrons. The highest BCUT2D eigenvalue weighted by Gasteiger charge is 2.06. The van der Waals surface area contributed by atoms with Crippen LogP contribution in [0.5, 0.6) is 5.75 Å². The van der Waals surface area contributed by atoms with Crippen LogP contribution < -0.4 is 16.0 Å². The molecule has 0 bridgehead atoms. The van der Waals surface area contributed by atoms with Crippen LogP contribution in [0.3, 0.4) is 0 Å². The van der Waals surface area contributed by atoms with Gasteiger partial charge < -0.3 is 15.5 Å². The quantitative estimate of drug-likeness (QED) is 0.862. The molecule has 0 aliphatic carbocycles. The number of pyridine rings is 2. The molecule has 18 heavy (non-hydrogen) atoms. The van der Waals surface area contributed by atoms with Crippen molar-refractivity contribution in [1.29, 1.82) is 0 Å². The van der Waals surface area contributed by atoms with E-state index in [-0.39, 0.29) is 5.56 Å². The van der Waals surface area contributed by atoms with Gasteiger partial charge in [-0.1, -0.05) is 0 Å². The Hall–Kier alpha value is -2.30. The first kappa shape index (κ1) is 12.2. The number of rotatable bonds is 3. The van der Waals surface area contributed by atoms with Crippen molar-refractivity contribution in [2.24, 2.45) is 0 Å². The summed E-state index contributed by atoms with van der Waals surface area (Å²) >= 11 is 0. The van der Waals surface area contributed by atoms with E-state index in [4.69, 9.17) is 10.5 Å². The number of aryl methyl sites for hydroxylation is 1. The summed E-state index contributed by atoms with van der Waals surface area (Å²) in [6, 6.07) is 5.29. The minimum absolute atomic E-state index is 0.243. The second-order valence-electron chi connectivity index (χ2n) is 3.89. The predicted molar refractivity (Wildman–Crippen MR) is 70.6 cm³/mol. The molecule has 0 aliphatic rings. The maximum atomic E-state index is 11.5. The van der Waals surface area contributed by atoms with E-state index in [0.717, 1.165) is 17.0 Å². The molecule has 5 nitrogen and oxygen atoms in total. The Morgan fingerprint density at radius 3 is 2.89 bits per heavy atom. The predicted octanol–water partition coefficient (Wildman–Crippen LogP) is 1.73. The highest BCUT2D eigenvalue weighted by molar-refractivity contribution is 5.62. The topological polar surface area (TPSA) is 81.0 Å². The van der Waals surface area contributed by atoms with Crippen LogP contribution >= 0.6 is 0 Å². The zero-order valence-corrected chi connectivity index (χ0v) is 10.4. The molecule has 2 rings (SSSR count). The molecule has 0 saturated heterocycles. The van der Waals surface area contributed by atoms with Gasteiger partial charge in [0.25, 0.3) is 5.56 Å². The molecule has 2 heterocycles. The third-order valence-electron chi connectivity index (χ3n) is 2.59. The van der Waals surface area contributed by atoms with E-state index < -0.39 is 0 Å². The molecule has 0 amide bonds. The Balaban J connectivity index is 2.47. The number of aromatic nitrogens is 2. The fraction of sp³-hybridized carbons (Fsp3) is 0.231. The van der Waals surface area contributed by atoms with Gasteiger partial charge in [0.1, 0.15) is 0 Å². The van der Waals surface area contributed by atoms with Crippen LogP contribution in [0.4, 0.5) is 5.69 Å². The average molecular weight is 245 g/mol. The van der Waals surface area contributed by atoms with Gasteiger partial charge in [0, 0.05) is 11.8 Å². The summed E-state index contributed by atoms with van der Waals surface area (Å²) in [5.41, 5.74) is 8.43. The van der Waals surface area contributed by atoms with Crippen molar-refractivity contribution < 1.29 is 4.74 Å². The Bertz CT molecular complexity index is 620. The van der Waals surface area contributed by atoms with E-state index in [1.54, 1.807) is 18.3 Å². The van der Waals surface area contributed by atoms with Crippen LogP contribution in [0.25, 0.3) is 11.3 Å². The molecule has 0 radical (unpaired) electrons. The Morgan fingerprint density at radius 1 is 1.44 bits per heavy atom. The summed E-state index contributed by atoms with van der Waals surface area (Å²) in [6.07, 6.45) is 1.61. The largest absolute Gasteiger partial charge is 0.488 e. The summed E-state index contributed by atoms with van der Waals surface area (Å²) in [6.45, 7) is 4.12. The molecule has 5 heteroatoms. The van der Waals surface area contributed by atoms with Crippen LogP contribution in [0.15, 0.2) is 29.2 Å². The standard InChI is InChI=1S/C13H15N3O2/c1-3-18-12-6-9(7-15-13(12)17)11-5-4-10(14)8(2)16-11/h4-7H,3,14H2,1-2H3,(H,15,17). The molecular formula is C13H15N3O2. The van der Waals surface area contributed by atoms with E-state index in [2.05, 4.69) is 9.97 Å². The molecule has 0 fully saturated rings. The van der Waals surface area contributed by atoms with Gasteiger partial charge >= 0.3 is 0 Å². The highest BCUT2D eigenvalue weighted by atomic mass is 16.5. The van der Waals surface area contributed by atoms with Gasteiger partial charge in [0.15, 0.2) is 5.75 Å². The van der Waals surface area contributed by atoms with Gasteiger partial charge in [-0.25, -0.2) is 0 Å². The van der Waals surface area contributed by atoms with Crippen LogP contribution in [0.2, 0.25) is 0 Å². The van der Waals surface area contributed by atoms with Crippen LogP contribution in [-0.2, 0) is 0 Å². The second-order valence-corrected chi connectivity index (χ2v) is 3.89. The Labute approximate surface area is 105 Å². The van der Waals surface area contributed by atoms with Crippen LogP contribution in [0, 0.1) is 6.92 Å². The molecule has 0 aliphatic heterocycles. The van der Waals surface area contributed by atoms with Crippen molar-refractivity contribution in [2.45, 2.75) is 13.8 Å². The molecule has 0 spiro atoms. The van der Waals surface area contributed by atoms with Gasteiger partial charge in [0.05, 0.1) is 23.7 Å². The Morgan fingerprint density at radius 2 is 2.22 bits per heavy atom. The first-order valence-corrected chi connectivity index (χ1v) is 5.71. The minimum atomic E-state index is -0.243. The number of anilines is 1. The van der Waals surface area contributed by atoms with Crippen molar-refractivity contribution in [1.82, 2.24) is 9.97 Å². The normalized spacial score (nSPS) is 10.3. The van der Waals surface area contributed by atoms with Crippen LogP contribution in [0.1, 0.15) is 12.6 Å². The number of hydrogen-bond acceptors (Lipinski definition) is 4. The highest BCUT2D eigenvalue weighted by Crippen LogP contribution is 2.20. The lowest BCUT2D eigenvalue weighted by molar-refractivity contribution is 0.335. The molecule has 3 N–H and O–H groups in total. The van der Waals surface area contributed by atoms with Crippen molar-refractivity contribution in [2.75, 3.05) is 12.3 Å². The molecule has 2 aromatic heterocycles. The number of H-pyrrole nitrogens is 1. The van der Waals surface area contributed by atoms with Gasteiger partial charge in [-0.15, -0.1) is 0 Å². The third kappa shape index (κ3) is 2.34. The van der Waals surface area contributed by atoms with E-state index >= 15 is 0 Å². The number of nitrogens with zero attached hydrogens (tertiary/aromatic N) is 1. The zero-order valence-electron chi connectivity index (χ0n) is 10.4. The van der Waals surface area contributed by atoms with Gasteiger partial charge in [-0.3, -0.25) is 9.78 Å². The minimum Gasteiger partial charge on any atom is -0.488 e. The van der Waals surface area contributed by atoms with Crippen molar-refractivity contribution >= 4 is 5.69 Å². The average Bonchev–Trinajstić information content (AvgIpc) is 2.36. The number of nitrogen functional groups attached to an aromatic ring is 1. The molecule has 0 atom stereocenters. The van der Waals surface area contributed by atoms with Gasteiger partial charge in [0.2, 0.25) is 0 Å². The summed E-state index contributed by atoms with van der Waals surface area (Å²) in [7, 11) is 0. The van der Waals surface area contributed by atoms with E-state index in [1.807, 2.05) is 19.9 Å². The monoisotopic (exact) mass is 245 g/mol. The molecule has 0 saturated carbocycles. The van der Waals surface area contributed by atoms with E-state index in [9.17, 15) is 4.79 Å². The summed E-state index contributed by atoms with van der Waals surface area (Å²) in [4.78, 5) is 18.5. The van der Waals surface area contributed by atoms with Crippen LogP contribution in [-0.4, -0.2) is 16.6 Å². The lowest BCUT2D eigenvalue weighted by atomic mass is 10.1. The molecular weight excluding hydrogens is 230 g/mol. The number of nitrogens with one attached hydrogen (secondary N) is 1. The second kappa shape index (κ2) is 4.91. The van der Waals surface area contributed by atoms with Crippen molar-refractivity contribution in [3.63, 3.8) is 0 Å². The first-order valence-electron chi connectivity index (χ1n) is 5.71. The summed E-state index contributed by atoms with van der Waals surface area (Å²) < 4.78 is 5.26. The molecule has 2 aromatic rings. The van der Waals surface area contributed by atoms with Crippen molar-refractivity contribution in [3.8, 4) is 17.0 Å². The lowest BCUT2D eigenvalue weighted by Gasteiger charge is -2.06. The van der Waals surface area contributed by atoms with Crippen molar-refractivity contribution in [3.05, 3.63) is 40.4 Å². The number of hydrogen-bond donors (Lipinski definition) is 2. The van der Waals surface area contributed by atoms with E-state index in [0.29, 0.717) is 18.0 Å². The molecule has 0 unspecified atom stereocenters. The lowest BCUT2D eigenvalue weighted by Crippen LogP contribution is -2.10. The fourth-order valence-electron chi connectivity index (χ4n) is 1.61. The van der Waals surface area contributed by atoms with Gasteiger partial charge in [-0.05, 0) is 32.0 Å². The number of aromatic amines is 1.